The van der Waals surface area contributed by atoms with Crippen molar-refractivity contribution in [1.82, 2.24) is 15.3 Å². The molecule has 1 aliphatic heterocycles. The van der Waals surface area contributed by atoms with E-state index in [4.69, 9.17) is 11.5 Å². The average molecular weight is 292 g/mol. The lowest BCUT2D eigenvalue weighted by molar-refractivity contribution is -0.125. The molecule has 2 heterocycles. The summed E-state index contributed by atoms with van der Waals surface area (Å²) in [6.07, 6.45) is 4.59. The number of hydrogen-bond acceptors (Lipinski definition) is 6. The first-order valence-corrected chi connectivity index (χ1v) is 6.97. The minimum atomic E-state index is -0.618. The van der Waals surface area contributed by atoms with Gasteiger partial charge in [0, 0.05) is 38.6 Å². The largest absolute Gasteiger partial charge is 0.364 e. The van der Waals surface area contributed by atoms with Gasteiger partial charge in [0.05, 0.1) is 5.92 Å². The summed E-state index contributed by atoms with van der Waals surface area (Å²) in [4.78, 5) is 33.5. The maximum Gasteiger partial charge on any atom is 0.271 e. The Kier molecular flexibility index (Phi) is 5.04. The van der Waals surface area contributed by atoms with Gasteiger partial charge in [0.2, 0.25) is 5.91 Å². The number of anilines is 1. The lowest BCUT2D eigenvalue weighted by Gasteiger charge is -2.33. The van der Waals surface area contributed by atoms with Crippen molar-refractivity contribution in [2.45, 2.75) is 12.8 Å². The molecular formula is C13H20N6O2. The Labute approximate surface area is 122 Å². The minimum absolute atomic E-state index is 0.0188. The molecule has 2 amide bonds. The van der Waals surface area contributed by atoms with Crippen LogP contribution in [0, 0.1) is 5.92 Å². The van der Waals surface area contributed by atoms with Crippen LogP contribution in [-0.2, 0) is 4.79 Å². The van der Waals surface area contributed by atoms with E-state index in [0.717, 1.165) is 19.4 Å². The van der Waals surface area contributed by atoms with Crippen LogP contribution in [0.25, 0.3) is 0 Å². The van der Waals surface area contributed by atoms with Gasteiger partial charge in [-0.3, -0.25) is 9.59 Å². The molecule has 0 saturated carbocycles. The van der Waals surface area contributed by atoms with E-state index in [9.17, 15) is 9.59 Å². The van der Waals surface area contributed by atoms with E-state index in [1.165, 1.54) is 12.4 Å². The van der Waals surface area contributed by atoms with E-state index in [2.05, 4.69) is 15.3 Å². The summed E-state index contributed by atoms with van der Waals surface area (Å²) < 4.78 is 0. The number of carbonyl (C=O) groups is 2. The van der Waals surface area contributed by atoms with E-state index < -0.39 is 5.91 Å². The molecule has 0 radical (unpaired) electrons. The Balaban J connectivity index is 2.11. The third-order valence-electron chi connectivity index (χ3n) is 3.45. The van der Waals surface area contributed by atoms with Gasteiger partial charge < -0.3 is 21.7 Å². The standard InChI is InChI=1S/C13H20N6O2/c14-3-4-18-13(21)9-2-1-7-19(8-9)12-10(11(15)20)16-5-6-17-12/h5-6,9H,1-4,7-8,14H2,(H2,15,20)(H,18,21). The average Bonchev–Trinajstić information content (AvgIpc) is 2.52. The van der Waals surface area contributed by atoms with Gasteiger partial charge in [-0.25, -0.2) is 9.97 Å². The van der Waals surface area contributed by atoms with Gasteiger partial charge in [-0.1, -0.05) is 0 Å². The smallest absolute Gasteiger partial charge is 0.271 e. The lowest BCUT2D eigenvalue weighted by Crippen LogP contribution is -2.45. The van der Waals surface area contributed by atoms with Crippen LogP contribution in [0.4, 0.5) is 5.82 Å². The maximum atomic E-state index is 12.0. The number of primary amides is 1. The predicted octanol–water partition coefficient (Wildman–Crippen LogP) is -1.13. The normalized spacial score (nSPS) is 18.3. The van der Waals surface area contributed by atoms with Crippen LogP contribution in [0.15, 0.2) is 12.4 Å². The predicted molar refractivity (Wildman–Crippen MR) is 77.6 cm³/mol. The molecule has 0 spiro atoms. The summed E-state index contributed by atoms with van der Waals surface area (Å²) in [5.41, 5.74) is 10.8. The Hall–Kier alpha value is -2.22. The summed E-state index contributed by atoms with van der Waals surface area (Å²) in [6, 6.07) is 0. The summed E-state index contributed by atoms with van der Waals surface area (Å²) in [6.45, 7) is 2.10. The van der Waals surface area contributed by atoms with Crippen molar-refractivity contribution in [3.63, 3.8) is 0 Å². The van der Waals surface area contributed by atoms with Crippen molar-refractivity contribution in [1.29, 1.82) is 0 Å². The summed E-state index contributed by atoms with van der Waals surface area (Å²) in [5, 5.41) is 2.79. The van der Waals surface area contributed by atoms with Gasteiger partial charge in [0.15, 0.2) is 11.5 Å². The van der Waals surface area contributed by atoms with Gasteiger partial charge in [-0.15, -0.1) is 0 Å². The topological polar surface area (TPSA) is 127 Å². The second-order valence-corrected chi connectivity index (χ2v) is 4.96. The van der Waals surface area contributed by atoms with E-state index in [1.807, 2.05) is 4.90 Å². The molecule has 1 unspecified atom stereocenters. The molecule has 8 heteroatoms. The molecule has 0 bridgehead atoms. The molecule has 1 aromatic heterocycles. The van der Waals surface area contributed by atoms with E-state index in [0.29, 0.717) is 25.5 Å². The highest BCUT2D eigenvalue weighted by Crippen LogP contribution is 2.23. The fraction of sp³-hybridized carbons (Fsp3) is 0.538. The molecule has 21 heavy (non-hydrogen) atoms. The van der Waals surface area contributed by atoms with Gasteiger partial charge in [0.1, 0.15) is 0 Å². The van der Waals surface area contributed by atoms with Gasteiger partial charge >= 0.3 is 0 Å². The number of aromatic nitrogens is 2. The zero-order chi connectivity index (χ0) is 15.2. The number of nitrogens with two attached hydrogens (primary N) is 2. The van der Waals surface area contributed by atoms with Crippen molar-refractivity contribution < 1.29 is 9.59 Å². The number of piperidine rings is 1. The second-order valence-electron chi connectivity index (χ2n) is 4.96. The van der Waals surface area contributed by atoms with Gasteiger partial charge in [-0.2, -0.15) is 0 Å². The monoisotopic (exact) mass is 292 g/mol. The number of hydrogen-bond donors (Lipinski definition) is 3. The van der Waals surface area contributed by atoms with E-state index >= 15 is 0 Å². The third kappa shape index (κ3) is 3.66. The highest BCUT2D eigenvalue weighted by atomic mass is 16.2. The third-order valence-corrected chi connectivity index (χ3v) is 3.45. The molecule has 114 valence electrons. The molecule has 8 nitrogen and oxygen atoms in total. The van der Waals surface area contributed by atoms with Crippen molar-refractivity contribution >= 4 is 17.6 Å². The molecule has 2 rings (SSSR count). The van der Waals surface area contributed by atoms with Crippen LogP contribution in [0.3, 0.4) is 0 Å². The van der Waals surface area contributed by atoms with Crippen LogP contribution < -0.4 is 21.7 Å². The quantitative estimate of drug-likeness (QED) is 0.630. The minimum Gasteiger partial charge on any atom is -0.364 e. The summed E-state index contributed by atoms with van der Waals surface area (Å²) >= 11 is 0. The van der Waals surface area contributed by atoms with Crippen LogP contribution in [0.5, 0.6) is 0 Å². The molecule has 1 fully saturated rings. The van der Waals surface area contributed by atoms with Crippen LogP contribution >= 0.6 is 0 Å². The van der Waals surface area contributed by atoms with Gasteiger partial charge in [-0.05, 0) is 12.8 Å². The fourth-order valence-corrected chi connectivity index (χ4v) is 2.46. The first-order chi connectivity index (χ1) is 10.1. The van der Waals surface area contributed by atoms with Crippen molar-refractivity contribution in [3.05, 3.63) is 18.1 Å². The van der Waals surface area contributed by atoms with E-state index in [-0.39, 0.29) is 17.5 Å². The highest BCUT2D eigenvalue weighted by molar-refractivity contribution is 5.95. The summed E-state index contributed by atoms with van der Waals surface area (Å²) in [5.74, 6) is -0.336. The fourth-order valence-electron chi connectivity index (χ4n) is 2.46. The molecule has 5 N–H and O–H groups in total. The molecular weight excluding hydrogens is 272 g/mol. The number of nitrogens with one attached hydrogen (secondary N) is 1. The molecule has 0 aliphatic carbocycles. The zero-order valence-corrected chi connectivity index (χ0v) is 11.8. The van der Waals surface area contributed by atoms with Crippen molar-refractivity contribution in [3.8, 4) is 0 Å². The van der Waals surface area contributed by atoms with Crippen LogP contribution in [0.1, 0.15) is 23.3 Å². The summed E-state index contributed by atoms with van der Waals surface area (Å²) in [7, 11) is 0. The highest BCUT2D eigenvalue weighted by Gasteiger charge is 2.28. The first-order valence-electron chi connectivity index (χ1n) is 6.97. The molecule has 1 aromatic rings. The molecule has 1 atom stereocenters. The maximum absolute atomic E-state index is 12.0. The number of rotatable bonds is 5. The number of nitrogens with zero attached hydrogens (tertiary/aromatic N) is 3. The van der Waals surface area contributed by atoms with E-state index in [1.54, 1.807) is 0 Å². The molecule has 1 aliphatic rings. The van der Waals surface area contributed by atoms with Crippen molar-refractivity contribution in [2.75, 3.05) is 31.1 Å². The Morgan fingerprint density at radius 2 is 2.14 bits per heavy atom. The Morgan fingerprint density at radius 3 is 2.86 bits per heavy atom. The Morgan fingerprint density at radius 1 is 1.38 bits per heavy atom. The Bertz CT molecular complexity index is 521. The lowest BCUT2D eigenvalue weighted by atomic mass is 9.97. The van der Waals surface area contributed by atoms with Crippen molar-refractivity contribution in [2.24, 2.45) is 17.4 Å². The molecule has 0 aromatic carbocycles. The SMILES string of the molecule is NCCNC(=O)C1CCCN(c2nccnc2C(N)=O)C1. The first kappa shape index (κ1) is 15.2. The van der Waals surface area contributed by atoms with Crippen LogP contribution in [0.2, 0.25) is 0 Å². The molecule has 1 saturated heterocycles. The van der Waals surface area contributed by atoms with Gasteiger partial charge in [0.25, 0.3) is 5.91 Å². The second kappa shape index (κ2) is 6.98. The van der Waals surface area contributed by atoms with Crippen LogP contribution in [-0.4, -0.2) is 48.0 Å². The zero-order valence-electron chi connectivity index (χ0n) is 11.8. The number of carbonyl (C=O) groups excluding carboxylic acids is 2. The number of amides is 2.